The number of urea groups is 1. The van der Waals surface area contributed by atoms with Crippen molar-refractivity contribution >= 4 is 51.9 Å². The number of thiazole rings is 1. The van der Waals surface area contributed by atoms with Crippen molar-refractivity contribution in [2.75, 3.05) is 0 Å². The van der Waals surface area contributed by atoms with Crippen LogP contribution in [0, 0.1) is 0 Å². The van der Waals surface area contributed by atoms with Crippen LogP contribution in [0.15, 0.2) is 17.7 Å². The van der Waals surface area contributed by atoms with Crippen LogP contribution >= 0.6 is 22.9 Å². The maximum absolute atomic E-state index is 11.9. The van der Waals surface area contributed by atoms with E-state index < -0.39 is 29.6 Å². The number of nitrogens with zero attached hydrogens (tertiary/aromatic N) is 2. The minimum Gasteiger partial charge on any atom is -0.449 e. The van der Waals surface area contributed by atoms with Crippen LogP contribution in [0.3, 0.4) is 0 Å². The number of imidazole rings is 1. The minimum atomic E-state index is -1.14. The molecule has 0 aliphatic heterocycles. The molecule has 0 bridgehead atoms. The monoisotopic (exact) mass is 398 g/mol. The number of carbonyl (C=O) groups is 3. The Morgan fingerprint density at radius 2 is 2.08 bits per heavy atom. The van der Waals surface area contributed by atoms with E-state index in [0.29, 0.717) is 10.7 Å². The highest BCUT2D eigenvalue weighted by Gasteiger charge is 2.21. The molecule has 0 unspecified atom stereocenters. The normalized spacial score (nSPS) is 13.0. The number of imide groups is 1. The lowest BCUT2D eigenvalue weighted by molar-refractivity contribution is -0.149. The summed E-state index contributed by atoms with van der Waals surface area (Å²) in [5.74, 6) is -1.47. The van der Waals surface area contributed by atoms with Crippen molar-refractivity contribution in [3.8, 4) is 0 Å². The molecule has 1 atom stereocenters. The van der Waals surface area contributed by atoms with Crippen molar-refractivity contribution in [2.45, 2.75) is 39.3 Å². The van der Waals surface area contributed by atoms with Crippen LogP contribution in [0.2, 0.25) is 5.15 Å². The highest BCUT2D eigenvalue weighted by molar-refractivity contribution is 7.15. The third-order valence-corrected chi connectivity index (χ3v) is 4.05. The molecule has 2 aromatic heterocycles. The Bertz CT molecular complexity index is 865. The largest absolute Gasteiger partial charge is 0.449 e. The molecule has 26 heavy (non-hydrogen) atoms. The van der Waals surface area contributed by atoms with Crippen LogP contribution in [0.4, 0.5) is 4.79 Å². The van der Waals surface area contributed by atoms with Gasteiger partial charge in [0.15, 0.2) is 16.2 Å². The SMILES string of the molecule is C[C@H](OC(=O)/C=C/c1c(Cl)nc2sccn12)C(=O)NC(=O)NC(C)(C)C. The predicted molar refractivity (Wildman–Crippen MR) is 99.1 cm³/mol. The van der Waals surface area contributed by atoms with Gasteiger partial charge < -0.3 is 10.1 Å². The van der Waals surface area contributed by atoms with Crippen molar-refractivity contribution in [1.82, 2.24) is 20.0 Å². The summed E-state index contributed by atoms with van der Waals surface area (Å²) < 4.78 is 6.71. The molecule has 0 saturated carbocycles. The fourth-order valence-corrected chi connectivity index (χ4v) is 2.93. The molecule has 3 amide bonds. The number of halogens is 1. The molecule has 0 aliphatic rings. The lowest BCUT2D eigenvalue weighted by Gasteiger charge is -2.21. The summed E-state index contributed by atoms with van der Waals surface area (Å²) in [5, 5.41) is 6.78. The van der Waals surface area contributed by atoms with Gasteiger partial charge in [-0.2, -0.15) is 0 Å². The molecule has 8 nitrogen and oxygen atoms in total. The molecule has 0 spiro atoms. The number of nitrogens with one attached hydrogen (secondary N) is 2. The Morgan fingerprint density at radius 1 is 1.38 bits per heavy atom. The summed E-state index contributed by atoms with van der Waals surface area (Å²) in [6.07, 6.45) is 3.23. The fraction of sp³-hybridized carbons (Fsp3) is 0.375. The minimum absolute atomic E-state index is 0.255. The quantitative estimate of drug-likeness (QED) is 0.608. The number of fused-ring (bicyclic) bond motifs is 1. The Morgan fingerprint density at radius 3 is 2.73 bits per heavy atom. The highest BCUT2D eigenvalue weighted by atomic mass is 35.5. The average Bonchev–Trinajstić information content (AvgIpc) is 3.03. The number of esters is 1. The molecule has 2 aromatic rings. The van der Waals surface area contributed by atoms with E-state index in [-0.39, 0.29) is 5.15 Å². The van der Waals surface area contributed by atoms with E-state index in [4.69, 9.17) is 16.3 Å². The van der Waals surface area contributed by atoms with Crippen LogP contribution < -0.4 is 10.6 Å². The molecular weight excluding hydrogens is 380 g/mol. The Balaban J connectivity index is 1.92. The van der Waals surface area contributed by atoms with Crippen molar-refractivity contribution in [2.24, 2.45) is 0 Å². The van der Waals surface area contributed by atoms with Gasteiger partial charge in [-0.05, 0) is 33.8 Å². The number of hydrogen-bond donors (Lipinski definition) is 2. The van der Waals surface area contributed by atoms with Crippen molar-refractivity contribution in [1.29, 1.82) is 0 Å². The van der Waals surface area contributed by atoms with E-state index in [1.165, 1.54) is 24.3 Å². The molecule has 2 heterocycles. The maximum atomic E-state index is 11.9. The van der Waals surface area contributed by atoms with Crippen molar-refractivity contribution in [3.05, 3.63) is 28.5 Å². The van der Waals surface area contributed by atoms with Crippen LogP contribution in [-0.4, -0.2) is 38.9 Å². The molecule has 0 radical (unpaired) electrons. The summed E-state index contributed by atoms with van der Waals surface area (Å²) in [7, 11) is 0. The van der Waals surface area contributed by atoms with Gasteiger partial charge in [0.05, 0.1) is 5.69 Å². The van der Waals surface area contributed by atoms with Crippen molar-refractivity contribution < 1.29 is 19.1 Å². The molecule has 2 rings (SSSR count). The predicted octanol–water partition coefficient (Wildman–Crippen LogP) is 2.62. The van der Waals surface area contributed by atoms with Gasteiger partial charge in [0.25, 0.3) is 5.91 Å². The van der Waals surface area contributed by atoms with E-state index >= 15 is 0 Å². The molecule has 140 valence electrons. The van der Waals surface area contributed by atoms with Gasteiger partial charge >= 0.3 is 12.0 Å². The molecule has 0 aliphatic carbocycles. The first kappa shape index (κ1) is 19.9. The van der Waals surface area contributed by atoms with Crippen LogP contribution in [0.1, 0.15) is 33.4 Å². The Hall–Kier alpha value is -2.39. The summed E-state index contributed by atoms with van der Waals surface area (Å²) in [5.41, 5.74) is 0.0337. The summed E-state index contributed by atoms with van der Waals surface area (Å²) in [4.78, 5) is 40.3. The number of hydrogen-bond acceptors (Lipinski definition) is 6. The van der Waals surface area contributed by atoms with Gasteiger partial charge in [-0.25, -0.2) is 14.6 Å². The standard InChI is InChI=1S/C16H19ClN4O4S/c1-9(13(23)19-14(24)20-16(2,3)4)25-11(22)6-5-10-12(17)18-15-21(10)7-8-26-15/h5-9H,1-4H3,(H2,19,20,23,24)/b6-5+/t9-/m0/s1. The first-order chi connectivity index (χ1) is 12.1. The van der Waals surface area contributed by atoms with Gasteiger partial charge in [-0.1, -0.05) is 11.6 Å². The number of amides is 3. The second-order valence-corrected chi connectivity index (χ2v) is 7.68. The van der Waals surface area contributed by atoms with E-state index in [1.807, 2.05) is 5.38 Å². The number of ether oxygens (including phenoxy) is 1. The fourth-order valence-electron chi connectivity index (χ4n) is 1.93. The molecule has 0 aromatic carbocycles. The summed E-state index contributed by atoms with van der Waals surface area (Å²) in [6.45, 7) is 6.69. The first-order valence-corrected chi connectivity index (χ1v) is 8.95. The van der Waals surface area contributed by atoms with E-state index in [9.17, 15) is 14.4 Å². The number of rotatable bonds is 4. The van der Waals surface area contributed by atoms with E-state index in [1.54, 1.807) is 31.4 Å². The second-order valence-electron chi connectivity index (χ2n) is 6.45. The highest BCUT2D eigenvalue weighted by Crippen LogP contribution is 2.22. The van der Waals surface area contributed by atoms with Crippen LogP contribution in [0.25, 0.3) is 11.0 Å². The van der Waals surface area contributed by atoms with E-state index in [0.717, 1.165) is 6.08 Å². The number of carbonyl (C=O) groups excluding carboxylic acids is 3. The van der Waals surface area contributed by atoms with Gasteiger partial charge in [0, 0.05) is 23.2 Å². The summed E-state index contributed by atoms with van der Waals surface area (Å²) >= 11 is 7.43. The van der Waals surface area contributed by atoms with Gasteiger partial charge in [-0.3, -0.25) is 14.5 Å². The zero-order chi connectivity index (χ0) is 19.5. The average molecular weight is 399 g/mol. The first-order valence-electron chi connectivity index (χ1n) is 7.69. The maximum Gasteiger partial charge on any atom is 0.331 e. The second kappa shape index (κ2) is 7.88. The zero-order valence-corrected chi connectivity index (χ0v) is 16.3. The van der Waals surface area contributed by atoms with Gasteiger partial charge in [0.2, 0.25) is 0 Å². The topological polar surface area (TPSA) is 102 Å². The molecule has 0 fully saturated rings. The third-order valence-electron chi connectivity index (χ3n) is 3.02. The molecule has 10 heteroatoms. The molecule has 0 saturated heterocycles. The van der Waals surface area contributed by atoms with Crippen LogP contribution in [0.5, 0.6) is 0 Å². The Labute approximate surface area is 159 Å². The van der Waals surface area contributed by atoms with E-state index in [2.05, 4.69) is 15.6 Å². The summed E-state index contributed by atoms with van der Waals surface area (Å²) in [6, 6.07) is -0.660. The van der Waals surface area contributed by atoms with Crippen LogP contribution in [-0.2, 0) is 14.3 Å². The van der Waals surface area contributed by atoms with Crippen molar-refractivity contribution in [3.63, 3.8) is 0 Å². The lowest BCUT2D eigenvalue weighted by Crippen LogP contribution is -2.50. The Kier molecular flexibility index (Phi) is 6.04. The van der Waals surface area contributed by atoms with Gasteiger partial charge in [-0.15, -0.1) is 11.3 Å². The molecule has 2 N–H and O–H groups in total. The third kappa shape index (κ3) is 5.30. The van der Waals surface area contributed by atoms with Gasteiger partial charge in [0.1, 0.15) is 0 Å². The number of aromatic nitrogens is 2. The smallest absolute Gasteiger partial charge is 0.331 e. The zero-order valence-electron chi connectivity index (χ0n) is 14.7. The lowest BCUT2D eigenvalue weighted by atomic mass is 10.1. The molecular formula is C16H19ClN4O4S.